The van der Waals surface area contributed by atoms with Crippen LogP contribution in [0.4, 0.5) is 5.82 Å². The molecule has 1 heterocycles. The molecular weight excluding hydrogens is 178 g/mol. The van der Waals surface area contributed by atoms with Gasteiger partial charge in [-0.15, -0.1) is 0 Å². The molecule has 0 aromatic carbocycles. The van der Waals surface area contributed by atoms with Crippen molar-refractivity contribution >= 4 is 5.82 Å². The second kappa shape index (κ2) is 4.26. The van der Waals surface area contributed by atoms with E-state index < -0.39 is 0 Å². The maximum absolute atomic E-state index is 10.9. The highest BCUT2D eigenvalue weighted by Gasteiger charge is 2.14. The number of aromatic amines is 1. The van der Waals surface area contributed by atoms with Crippen LogP contribution in [-0.4, -0.2) is 16.5 Å². The number of hydrogen-bond acceptors (Lipinski definition) is 3. The van der Waals surface area contributed by atoms with E-state index in [1.54, 1.807) is 6.20 Å². The van der Waals surface area contributed by atoms with E-state index in [-0.39, 0.29) is 5.56 Å². The summed E-state index contributed by atoms with van der Waals surface area (Å²) in [6.07, 6.45) is 8.22. The summed E-state index contributed by atoms with van der Waals surface area (Å²) in [7, 11) is 0. The smallest absolute Gasteiger partial charge is 0.267 e. The molecule has 4 heteroatoms. The highest BCUT2D eigenvalue weighted by Crippen LogP contribution is 2.24. The summed E-state index contributed by atoms with van der Waals surface area (Å²) in [5.74, 6) is 1.49. The molecule has 2 N–H and O–H groups in total. The van der Waals surface area contributed by atoms with E-state index in [2.05, 4.69) is 15.3 Å². The van der Waals surface area contributed by atoms with Gasteiger partial charge >= 0.3 is 0 Å². The Balaban J connectivity index is 1.88. The van der Waals surface area contributed by atoms with Gasteiger partial charge in [-0.1, -0.05) is 12.8 Å². The third-order valence-corrected chi connectivity index (χ3v) is 2.71. The molecule has 0 aliphatic heterocycles. The molecule has 0 saturated heterocycles. The quantitative estimate of drug-likeness (QED) is 0.762. The lowest BCUT2D eigenvalue weighted by molar-refractivity contribution is 0.578. The van der Waals surface area contributed by atoms with Crippen molar-refractivity contribution in [1.82, 2.24) is 9.97 Å². The zero-order valence-corrected chi connectivity index (χ0v) is 8.12. The summed E-state index contributed by atoms with van der Waals surface area (Å²) in [6, 6.07) is 0. The van der Waals surface area contributed by atoms with Crippen molar-refractivity contribution in [3.63, 3.8) is 0 Å². The summed E-state index contributed by atoms with van der Waals surface area (Å²) in [5, 5.41) is 3.21. The van der Waals surface area contributed by atoms with Crippen LogP contribution >= 0.6 is 0 Å². The van der Waals surface area contributed by atoms with Crippen molar-refractivity contribution < 1.29 is 0 Å². The standard InChI is InChI=1S/C10H15N3O/c14-10-7-11-6-9(13-10)12-5-8-3-1-2-4-8/h6-8H,1-5H2,(H2,12,13,14). The first-order valence-electron chi connectivity index (χ1n) is 5.13. The summed E-state index contributed by atoms with van der Waals surface area (Å²) in [5.41, 5.74) is -0.151. The molecule has 1 aliphatic carbocycles. The van der Waals surface area contributed by atoms with Crippen LogP contribution in [0.5, 0.6) is 0 Å². The minimum Gasteiger partial charge on any atom is -0.370 e. The number of H-pyrrole nitrogens is 1. The lowest BCUT2D eigenvalue weighted by Gasteiger charge is -2.10. The first kappa shape index (κ1) is 9.24. The molecule has 0 atom stereocenters. The minimum absolute atomic E-state index is 0.151. The molecule has 1 aliphatic rings. The Hall–Kier alpha value is -1.32. The molecule has 0 amide bonds. The first-order valence-corrected chi connectivity index (χ1v) is 5.13. The fourth-order valence-electron chi connectivity index (χ4n) is 1.94. The summed E-state index contributed by atoms with van der Waals surface area (Å²) in [6.45, 7) is 0.946. The lowest BCUT2D eigenvalue weighted by Crippen LogP contribution is -2.15. The Labute approximate surface area is 82.8 Å². The van der Waals surface area contributed by atoms with Crippen LogP contribution in [0.1, 0.15) is 25.7 Å². The molecule has 4 nitrogen and oxygen atoms in total. The van der Waals surface area contributed by atoms with Crippen molar-refractivity contribution in [2.24, 2.45) is 5.92 Å². The molecular formula is C10H15N3O. The number of nitrogens with zero attached hydrogens (tertiary/aromatic N) is 1. The first-order chi connectivity index (χ1) is 6.84. The predicted octanol–water partition coefficient (Wildman–Crippen LogP) is 1.37. The van der Waals surface area contributed by atoms with Gasteiger partial charge in [0.15, 0.2) is 0 Å². The van der Waals surface area contributed by atoms with Gasteiger partial charge in [0, 0.05) is 6.54 Å². The molecule has 1 aromatic heterocycles. The van der Waals surface area contributed by atoms with E-state index in [4.69, 9.17) is 0 Å². The van der Waals surface area contributed by atoms with Crippen molar-refractivity contribution in [1.29, 1.82) is 0 Å². The van der Waals surface area contributed by atoms with Crippen molar-refractivity contribution in [3.05, 3.63) is 22.7 Å². The fourth-order valence-corrected chi connectivity index (χ4v) is 1.94. The Morgan fingerprint density at radius 2 is 2.21 bits per heavy atom. The van der Waals surface area contributed by atoms with Crippen LogP contribution in [0.2, 0.25) is 0 Å². The molecule has 2 rings (SSSR count). The van der Waals surface area contributed by atoms with Crippen molar-refractivity contribution in [2.45, 2.75) is 25.7 Å². The van der Waals surface area contributed by atoms with Gasteiger partial charge in [0.2, 0.25) is 0 Å². The van der Waals surface area contributed by atoms with Crippen molar-refractivity contribution in [2.75, 3.05) is 11.9 Å². The van der Waals surface area contributed by atoms with Crippen LogP contribution in [0, 0.1) is 5.92 Å². The van der Waals surface area contributed by atoms with E-state index in [9.17, 15) is 4.79 Å². The van der Waals surface area contributed by atoms with E-state index >= 15 is 0 Å². The second-order valence-electron chi connectivity index (χ2n) is 3.84. The molecule has 0 bridgehead atoms. The molecule has 76 valence electrons. The molecule has 1 saturated carbocycles. The number of aromatic nitrogens is 2. The number of nitrogens with one attached hydrogen (secondary N) is 2. The van der Waals surface area contributed by atoms with Gasteiger partial charge in [-0.3, -0.25) is 9.78 Å². The van der Waals surface area contributed by atoms with E-state index in [1.165, 1.54) is 31.9 Å². The number of anilines is 1. The van der Waals surface area contributed by atoms with Gasteiger partial charge in [-0.05, 0) is 18.8 Å². The highest BCUT2D eigenvalue weighted by atomic mass is 16.1. The Bertz CT molecular complexity index is 341. The maximum Gasteiger partial charge on any atom is 0.267 e. The molecule has 0 radical (unpaired) electrons. The largest absolute Gasteiger partial charge is 0.370 e. The van der Waals surface area contributed by atoms with Gasteiger partial charge in [-0.25, -0.2) is 0 Å². The minimum atomic E-state index is -0.151. The second-order valence-corrected chi connectivity index (χ2v) is 3.84. The van der Waals surface area contributed by atoms with Gasteiger partial charge in [0.1, 0.15) is 5.82 Å². The van der Waals surface area contributed by atoms with E-state index in [0.29, 0.717) is 0 Å². The summed E-state index contributed by atoms with van der Waals surface area (Å²) >= 11 is 0. The fraction of sp³-hybridized carbons (Fsp3) is 0.600. The Morgan fingerprint density at radius 1 is 1.43 bits per heavy atom. The predicted molar refractivity (Wildman–Crippen MR) is 55.3 cm³/mol. The van der Waals surface area contributed by atoms with Crippen LogP contribution in [0.25, 0.3) is 0 Å². The average molecular weight is 193 g/mol. The third-order valence-electron chi connectivity index (χ3n) is 2.71. The summed E-state index contributed by atoms with van der Waals surface area (Å²) < 4.78 is 0. The lowest BCUT2D eigenvalue weighted by atomic mass is 10.1. The van der Waals surface area contributed by atoms with Crippen LogP contribution in [-0.2, 0) is 0 Å². The topological polar surface area (TPSA) is 57.8 Å². The highest BCUT2D eigenvalue weighted by molar-refractivity contribution is 5.29. The number of rotatable bonds is 3. The SMILES string of the molecule is O=c1cncc(NCC2CCCC2)[nH]1. The average Bonchev–Trinajstić information content (AvgIpc) is 2.67. The third kappa shape index (κ3) is 2.34. The molecule has 0 spiro atoms. The molecule has 1 fully saturated rings. The van der Waals surface area contributed by atoms with Crippen LogP contribution < -0.4 is 10.9 Å². The summed E-state index contributed by atoms with van der Waals surface area (Å²) in [4.78, 5) is 17.5. The van der Waals surface area contributed by atoms with E-state index in [0.717, 1.165) is 18.3 Å². The van der Waals surface area contributed by atoms with Gasteiger partial charge in [0.25, 0.3) is 5.56 Å². The monoisotopic (exact) mass is 193 g/mol. The van der Waals surface area contributed by atoms with Gasteiger partial charge < -0.3 is 10.3 Å². The normalized spacial score (nSPS) is 17.1. The van der Waals surface area contributed by atoms with Crippen molar-refractivity contribution in [3.8, 4) is 0 Å². The Morgan fingerprint density at radius 3 is 2.93 bits per heavy atom. The van der Waals surface area contributed by atoms with Crippen LogP contribution in [0.3, 0.4) is 0 Å². The zero-order chi connectivity index (χ0) is 9.80. The molecule has 0 unspecified atom stereocenters. The Kier molecular flexibility index (Phi) is 2.81. The maximum atomic E-state index is 10.9. The van der Waals surface area contributed by atoms with E-state index in [1.807, 2.05) is 0 Å². The number of hydrogen-bond donors (Lipinski definition) is 2. The zero-order valence-electron chi connectivity index (χ0n) is 8.12. The molecule has 1 aromatic rings. The van der Waals surface area contributed by atoms with Crippen LogP contribution in [0.15, 0.2) is 17.2 Å². The van der Waals surface area contributed by atoms with Gasteiger partial charge in [-0.2, -0.15) is 0 Å². The molecule has 14 heavy (non-hydrogen) atoms. The van der Waals surface area contributed by atoms with Gasteiger partial charge in [0.05, 0.1) is 12.4 Å².